The minimum Gasteiger partial charge on any atom is -0.479 e. The molecule has 2 aromatic carbocycles. The van der Waals surface area contributed by atoms with Crippen LogP contribution in [0, 0.1) is 13.8 Å². The molecule has 0 aliphatic rings. The summed E-state index contributed by atoms with van der Waals surface area (Å²) in [5, 5.41) is 11.4. The fourth-order valence-electron chi connectivity index (χ4n) is 2.75. The third-order valence-electron chi connectivity index (χ3n) is 4.17. The third-order valence-corrected chi connectivity index (χ3v) is 6.34. The zero-order chi connectivity index (χ0) is 20.4. The van der Waals surface area contributed by atoms with E-state index >= 15 is 0 Å². The van der Waals surface area contributed by atoms with Gasteiger partial charge in [0.25, 0.3) is 5.91 Å². The van der Waals surface area contributed by atoms with Crippen LogP contribution in [-0.2, 0) is 14.6 Å². The summed E-state index contributed by atoms with van der Waals surface area (Å²) in [6.07, 6.45) is 0. The summed E-state index contributed by atoms with van der Waals surface area (Å²) in [6, 6.07) is 9.62. The molecule has 0 heterocycles. The predicted octanol–water partition coefficient (Wildman–Crippen LogP) is 3.04. The van der Waals surface area contributed by atoms with Crippen molar-refractivity contribution in [2.24, 2.45) is 0 Å². The van der Waals surface area contributed by atoms with Gasteiger partial charge < -0.3 is 10.4 Å². The highest BCUT2D eigenvalue weighted by Gasteiger charge is 2.24. The number of amides is 1. The van der Waals surface area contributed by atoms with Gasteiger partial charge in [0, 0.05) is 5.56 Å². The Bertz CT molecular complexity index is 942. The van der Waals surface area contributed by atoms with Crippen LogP contribution in [0.2, 0.25) is 0 Å². The van der Waals surface area contributed by atoms with Crippen LogP contribution in [0.5, 0.6) is 0 Å². The summed E-state index contributed by atoms with van der Waals surface area (Å²) in [7, 11) is -3.43. The lowest BCUT2D eigenvalue weighted by Gasteiger charge is -2.16. The van der Waals surface area contributed by atoms with E-state index in [4.69, 9.17) is 0 Å². The summed E-state index contributed by atoms with van der Waals surface area (Å²) < 4.78 is 24.3. The number of hydrogen-bond acceptors (Lipinski definition) is 4. The molecule has 0 aromatic heterocycles. The Morgan fingerprint density at radius 2 is 1.48 bits per heavy atom. The number of hydrogen-bond donors (Lipinski definition) is 2. The molecule has 2 rings (SSSR count). The minimum atomic E-state index is -3.43. The van der Waals surface area contributed by atoms with Crippen molar-refractivity contribution in [1.82, 2.24) is 5.32 Å². The van der Waals surface area contributed by atoms with E-state index in [9.17, 15) is 23.1 Å². The van der Waals surface area contributed by atoms with Crippen molar-refractivity contribution in [3.8, 4) is 0 Å². The molecular formula is C20H23NO5S. The smallest absolute Gasteiger partial charge is 0.330 e. The number of aryl methyl sites for hydroxylation is 2. The molecule has 7 heteroatoms. The molecule has 1 atom stereocenters. The van der Waals surface area contributed by atoms with E-state index in [0.717, 1.165) is 11.1 Å². The molecule has 1 amide bonds. The molecule has 0 spiro atoms. The maximum absolute atomic E-state index is 12.5. The van der Waals surface area contributed by atoms with E-state index in [1.807, 2.05) is 19.9 Å². The van der Waals surface area contributed by atoms with Gasteiger partial charge in [-0.3, -0.25) is 4.79 Å². The molecule has 6 nitrogen and oxygen atoms in total. The largest absolute Gasteiger partial charge is 0.479 e. The summed E-state index contributed by atoms with van der Waals surface area (Å²) in [5.41, 5.74) is 2.46. The van der Waals surface area contributed by atoms with E-state index in [2.05, 4.69) is 5.32 Å². The Morgan fingerprint density at radius 3 is 1.93 bits per heavy atom. The topological polar surface area (TPSA) is 101 Å². The van der Waals surface area contributed by atoms with Gasteiger partial charge in [0.15, 0.2) is 15.9 Å². The summed E-state index contributed by atoms with van der Waals surface area (Å²) in [6.45, 7) is 6.87. The van der Waals surface area contributed by atoms with Crippen molar-refractivity contribution >= 4 is 21.7 Å². The Balaban J connectivity index is 2.27. The number of benzene rings is 2. The van der Waals surface area contributed by atoms with Gasteiger partial charge in [-0.1, -0.05) is 29.3 Å². The molecule has 2 N–H and O–H groups in total. The van der Waals surface area contributed by atoms with Crippen LogP contribution in [0.1, 0.15) is 46.9 Å². The van der Waals surface area contributed by atoms with E-state index in [1.54, 1.807) is 26.0 Å². The van der Waals surface area contributed by atoms with E-state index in [1.165, 1.54) is 24.3 Å². The van der Waals surface area contributed by atoms with Crippen molar-refractivity contribution in [1.29, 1.82) is 0 Å². The highest BCUT2D eigenvalue weighted by atomic mass is 32.2. The molecule has 0 aliphatic heterocycles. The van der Waals surface area contributed by atoms with Crippen LogP contribution in [0.4, 0.5) is 0 Å². The number of carbonyl (C=O) groups excluding carboxylic acids is 1. The molecule has 144 valence electrons. The van der Waals surface area contributed by atoms with Crippen molar-refractivity contribution in [3.63, 3.8) is 0 Å². The van der Waals surface area contributed by atoms with Crippen LogP contribution >= 0.6 is 0 Å². The van der Waals surface area contributed by atoms with Crippen LogP contribution in [0.3, 0.4) is 0 Å². The van der Waals surface area contributed by atoms with Crippen LogP contribution < -0.4 is 5.32 Å². The molecule has 0 fully saturated rings. The number of carboxylic acid groups (broad SMARTS) is 1. The van der Waals surface area contributed by atoms with Crippen molar-refractivity contribution in [2.45, 2.75) is 43.9 Å². The Morgan fingerprint density at radius 1 is 0.963 bits per heavy atom. The number of sulfone groups is 1. The van der Waals surface area contributed by atoms with Gasteiger partial charge in [-0.2, -0.15) is 0 Å². The Hall–Kier alpha value is -2.67. The highest BCUT2D eigenvalue weighted by molar-refractivity contribution is 7.92. The van der Waals surface area contributed by atoms with Crippen LogP contribution in [0.15, 0.2) is 47.4 Å². The van der Waals surface area contributed by atoms with Gasteiger partial charge in [-0.05, 0) is 57.5 Å². The average Bonchev–Trinajstić information content (AvgIpc) is 2.58. The van der Waals surface area contributed by atoms with Crippen LogP contribution in [-0.4, -0.2) is 30.7 Å². The SMILES string of the molecule is Cc1cc(C)cc(C(NC(=O)c2ccc(S(=O)(=O)C(C)C)cc2)C(=O)O)c1. The zero-order valence-electron chi connectivity index (χ0n) is 15.7. The third kappa shape index (κ3) is 4.74. The first-order chi connectivity index (χ1) is 12.5. The number of carbonyl (C=O) groups is 2. The second-order valence-corrected chi connectivity index (χ2v) is 9.29. The van der Waals surface area contributed by atoms with Gasteiger partial charge in [0.05, 0.1) is 10.1 Å². The van der Waals surface area contributed by atoms with Crippen molar-refractivity contribution in [3.05, 3.63) is 64.7 Å². The second kappa shape index (κ2) is 7.92. The first-order valence-corrected chi connectivity index (χ1v) is 10.0. The monoisotopic (exact) mass is 389 g/mol. The quantitative estimate of drug-likeness (QED) is 0.791. The van der Waals surface area contributed by atoms with E-state index < -0.39 is 33.0 Å². The van der Waals surface area contributed by atoms with Gasteiger partial charge in [-0.25, -0.2) is 13.2 Å². The fraction of sp³-hybridized carbons (Fsp3) is 0.300. The first kappa shape index (κ1) is 20.6. The Kier molecular flexibility index (Phi) is 6.05. The highest BCUT2D eigenvalue weighted by Crippen LogP contribution is 2.20. The standard InChI is InChI=1S/C20H23NO5S/c1-12(2)27(25,26)17-7-5-15(6-8-17)19(22)21-18(20(23)24)16-10-13(3)9-14(4)11-16/h5-12,18H,1-4H3,(H,21,22)(H,23,24). The zero-order valence-corrected chi connectivity index (χ0v) is 16.5. The van der Waals surface area contributed by atoms with Gasteiger partial charge >= 0.3 is 5.97 Å². The second-order valence-electron chi connectivity index (χ2n) is 6.78. The number of rotatable bonds is 6. The normalized spacial score (nSPS) is 12.6. The summed E-state index contributed by atoms with van der Waals surface area (Å²) in [4.78, 5) is 24.3. The average molecular weight is 389 g/mol. The van der Waals surface area contributed by atoms with Crippen molar-refractivity contribution in [2.75, 3.05) is 0 Å². The molecule has 0 bridgehead atoms. The Labute approximate surface area is 159 Å². The molecule has 0 aliphatic carbocycles. The minimum absolute atomic E-state index is 0.123. The maximum atomic E-state index is 12.5. The molecule has 27 heavy (non-hydrogen) atoms. The summed E-state index contributed by atoms with van der Waals surface area (Å²) in [5.74, 6) is -1.76. The lowest BCUT2D eigenvalue weighted by atomic mass is 10.0. The fourth-order valence-corrected chi connectivity index (χ4v) is 3.81. The molecule has 0 saturated heterocycles. The van der Waals surface area contributed by atoms with Gasteiger partial charge in [-0.15, -0.1) is 0 Å². The molecule has 2 aromatic rings. The summed E-state index contributed by atoms with van der Waals surface area (Å²) >= 11 is 0. The van der Waals surface area contributed by atoms with Gasteiger partial charge in [0.1, 0.15) is 0 Å². The van der Waals surface area contributed by atoms with Crippen LogP contribution in [0.25, 0.3) is 0 Å². The van der Waals surface area contributed by atoms with E-state index in [-0.39, 0.29) is 10.5 Å². The first-order valence-electron chi connectivity index (χ1n) is 8.48. The predicted molar refractivity (Wildman–Crippen MR) is 103 cm³/mol. The molecular weight excluding hydrogens is 366 g/mol. The molecule has 1 unspecified atom stereocenters. The number of aliphatic carboxylic acids is 1. The van der Waals surface area contributed by atoms with E-state index in [0.29, 0.717) is 5.56 Å². The molecule has 0 radical (unpaired) electrons. The lowest BCUT2D eigenvalue weighted by molar-refractivity contribution is -0.139. The lowest BCUT2D eigenvalue weighted by Crippen LogP contribution is -2.33. The van der Waals surface area contributed by atoms with Crippen molar-refractivity contribution < 1.29 is 23.1 Å². The van der Waals surface area contributed by atoms with Gasteiger partial charge in [0.2, 0.25) is 0 Å². The molecule has 0 saturated carbocycles. The number of nitrogens with one attached hydrogen (secondary N) is 1. The number of carboxylic acids is 1. The maximum Gasteiger partial charge on any atom is 0.330 e.